The molecule has 0 aromatic heterocycles. The quantitative estimate of drug-likeness (QED) is 0.495. The Morgan fingerprint density at radius 3 is 2.79 bits per heavy atom. The van der Waals surface area contributed by atoms with Crippen LogP contribution in [0, 0.1) is 6.92 Å². The van der Waals surface area contributed by atoms with Crippen LogP contribution in [-0.4, -0.2) is 12.4 Å². The van der Waals surface area contributed by atoms with Gasteiger partial charge in [-0.1, -0.05) is 34.1 Å². The molecule has 2 aromatic carbocycles. The van der Waals surface area contributed by atoms with Gasteiger partial charge in [-0.05, 0) is 36.8 Å². The van der Waals surface area contributed by atoms with E-state index in [-0.39, 0.29) is 0 Å². The van der Waals surface area contributed by atoms with Crippen LogP contribution in [0.2, 0.25) is 0 Å². The van der Waals surface area contributed by atoms with E-state index in [1.54, 1.807) is 11.8 Å². The van der Waals surface area contributed by atoms with Crippen molar-refractivity contribution < 1.29 is 4.74 Å². The van der Waals surface area contributed by atoms with Gasteiger partial charge < -0.3 is 10.5 Å². The second-order valence-corrected chi connectivity index (χ2v) is 6.20. The highest BCUT2D eigenvalue weighted by molar-refractivity contribution is 9.10. The van der Waals surface area contributed by atoms with Gasteiger partial charge >= 0.3 is 0 Å². The Morgan fingerprint density at radius 2 is 2.00 bits per heavy atom. The SMILES string of the molecule is Cc1ccccc1OCCSc1cc(Br)ccc1N. The second-order valence-electron chi connectivity index (χ2n) is 4.14. The first-order valence-electron chi connectivity index (χ1n) is 6.03. The van der Waals surface area contributed by atoms with Crippen LogP contribution in [-0.2, 0) is 0 Å². The average Bonchev–Trinajstić information content (AvgIpc) is 2.40. The molecule has 0 radical (unpaired) electrons. The molecule has 2 nitrogen and oxygen atoms in total. The van der Waals surface area contributed by atoms with Crippen molar-refractivity contribution in [1.29, 1.82) is 0 Å². The molecule has 0 amide bonds. The third-order valence-electron chi connectivity index (χ3n) is 2.67. The fraction of sp³-hybridized carbons (Fsp3) is 0.200. The van der Waals surface area contributed by atoms with Crippen molar-refractivity contribution >= 4 is 33.4 Å². The van der Waals surface area contributed by atoms with E-state index in [0.717, 1.165) is 32.1 Å². The standard InChI is InChI=1S/C15H16BrNOS/c1-11-4-2-3-5-14(11)18-8-9-19-15-10-12(16)6-7-13(15)17/h2-7,10H,8-9,17H2,1H3. The molecule has 4 heteroatoms. The van der Waals surface area contributed by atoms with E-state index < -0.39 is 0 Å². The molecular formula is C15H16BrNOS. The molecule has 19 heavy (non-hydrogen) atoms. The summed E-state index contributed by atoms with van der Waals surface area (Å²) in [6, 6.07) is 13.9. The van der Waals surface area contributed by atoms with Crippen molar-refractivity contribution in [3.8, 4) is 5.75 Å². The highest BCUT2D eigenvalue weighted by Gasteiger charge is 2.02. The van der Waals surface area contributed by atoms with E-state index in [2.05, 4.69) is 28.9 Å². The summed E-state index contributed by atoms with van der Waals surface area (Å²) in [5.41, 5.74) is 7.90. The van der Waals surface area contributed by atoms with Gasteiger partial charge in [0.15, 0.2) is 0 Å². The smallest absolute Gasteiger partial charge is 0.122 e. The van der Waals surface area contributed by atoms with Gasteiger partial charge in [0.25, 0.3) is 0 Å². The van der Waals surface area contributed by atoms with Gasteiger partial charge in [0, 0.05) is 20.8 Å². The summed E-state index contributed by atoms with van der Waals surface area (Å²) in [6.07, 6.45) is 0. The topological polar surface area (TPSA) is 35.2 Å². The summed E-state index contributed by atoms with van der Waals surface area (Å²) >= 11 is 5.16. The van der Waals surface area contributed by atoms with Gasteiger partial charge in [-0.25, -0.2) is 0 Å². The molecule has 0 saturated heterocycles. The first-order valence-corrected chi connectivity index (χ1v) is 7.81. The Labute approximate surface area is 126 Å². The van der Waals surface area contributed by atoms with Crippen LogP contribution in [0.25, 0.3) is 0 Å². The van der Waals surface area contributed by atoms with Crippen LogP contribution in [0.5, 0.6) is 5.75 Å². The van der Waals surface area contributed by atoms with Gasteiger partial charge in [-0.15, -0.1) is 11.8 Å². The fourth-order valence-electron chi connectivity index (χ4n) is 1.65. The molecule has 0 saturated carbocycles. The van der Waals surface area contributed by atoms with Crippen LogP contribution < -0.4 is 10.5 Å². The third-order valence-corrected chi connectivity index (χ3v) is 4.20. The third kappa shape index (κ3) is 4.18. The maximum absolute atomic E-state index is 5.92. The van der Waals surface area contributed by atoms with Gasteiger partial charge in [0.05, 0.1) is 6.61 Å². The molecule has 0 bridgehead atoms. The molecule has 2 aromatic rings. The van der Waals surface area contributed by atoms with Crippen molar-refractivity contribution in [3.63, 3.8) is 0 Å². The van der Waals surface area contributed by atoms with E-state index in [1.807, 2.05) is 36.4 Å². The number of halogens is 1. The number of thioether (sulfide) groups is 1. The molecule has 0 unspecified atom stereocenters. The number of anilines is 1. The highest BCUT2D eigenvalue weighted by atomic mass is 79.9. The average molecular weight is 338 g/mol. The summed E-state index contributed by atoms with van der Waals surface area (Å²) in [5.74, 6) is 1.82. The summed E-state index contributed by atoms with van der Waals surface area (Å²) in [5, 5.41) is 0. The molecule has 0 atom stereocenters. The number of para-hydroxylation sites is 1. The lowest BCUT2D eigenvalue weighted by atomic mass is 10.2. The molecule has 0 spiro atoms. The number of ether oxygens (including phenoxy) is 1. The Hall–Kier alpha value is -1.13. The lowest BCUT2D eigenvalue weighted by molar-refractivity contribution is 0.341. The molecule has 0 heterocycles. The normalized spacial score (nSPS) is 10.4. The summed E-state index contributed by atoms with van der Waals surface area (Å²) in [7, 11) is 0. The van der Waals surface area contributed by atoms with Gasteiger partial charge in [0.1, 0.15) is 5.75 Å². The highest BCUT2D eigenvalue weighted by Crippen LogP contribution is 2.28. The second kappa shape index (κ2) is 6.87. The van der Waals surface area contributed by atoms with Crippen molar-refractivity contribution in [2.24, 2.45) is 0 Å². The van der Waals surface area contributed by atoms with Crippen molar-refractivity contribution in [2.75, 3.05) is 18.1 Å². The predicted octanol–water partition coefficient (Wildman–Crippen LogP) is 4.51. The minimum absolute atomic E-state index is 0.668. The predicted molar refractivity (Wildman–Crippen MR) is 86.0 cm³/mol. The minimum Gasteiger partial charge on any atom is -0.492 e. The number of nitrogen functional groups attached to an aromatic ring is 1. The minimum atomic E-state index is 0.668. The van der Waals surface area contributed by atoms with E-state index in [0.29, 0.717) is 6.61 Å². The Morgan fingerprint density at radius 1 is 1.21 bits per heavy atom. The first-order chi connectivity index (χ1) is 9.16. The number of hydrogen-bond acceptors (Lipinski definition) is 3. The van der Waals surface area contributed by atoms with Crippen LogP contribution in [0.1, 0.15) is 5.56 Å². The number of nitrogens with two attached hydrogens (primary N) is 1. The zero-order valence-corrected chi connectivity index (χ0v) is 13.1. The van der Waals surface area contributed by atoms with Crippen LogP contribution >= 0.6 is 27.7 Å². The maximum Gasteiger partial charge on any atom is 0.122 e. The maximum atomic E-state index is 5.92. The molecule has 0 fully saturated rings. The lowest BCUT2D eigenvalue weighted by Gasteiger charge is -2.09. The Balaban J connectivity index is 1.84. The van der Waals surface area contributed by atoms with E-state index in [4.69, 9.17) is 10.5 Å². The van der Waals surface area contributed by atoms with E-state index in [9.17, 15) is 0 Å². The zero-order valence-electron chi connectivity index (χ0n) is 10.7. The van der Waals surface area contributed by atoms with E-state index in [1.165, 1.54) is 0 Å². The van der Waals surface area contributed by atoms with Crippen molar-refractivity contribution in [1.82, 2.24) is 0 Å². The van der Waals surface area contributed by atoms with Crippen LogP contribution in [0.3, 0.4) is 0 Å². The largest absolute Gasteiger partial charge is 0.492 e. The number of benzene rings is 2. The molecular weight excluding hydrogens is 322 g/mol. The summed E-state index contributed by atoms with van der Waals surface area (Å²) < 4.78 is 6.80. The van der Waals surface area contributed by atoms with Crippen molar-refractivity contribution in [3.05, 3.63) is 52.5 Å². The van der Waals surface area contributed by atoms with E-state index >= 15 is 0 Å². The monoisotopic (exact) mass is 337 g/mol. The van der Waals surface area contributed by atoms with Gasteiger partial charge in [0.2, 0.25) is 0 Å². The molecule has 0 aliphatic heterocycles. The number of hydrogen-bond donors (Lipinski definition) is 1. The lowest BCUT2D eigenvalue weighted by Crippen LogP contribution is -2.01. The molecule has 0 aliphatic carbocycles. The summed E-state index contributed by atoms with van der Waals surface area (Å²) in [6.45, 7) is 2.72. The Kier molecular flexibility index (Phi) is 5.16. The summed E-state index contributed by atoms with van der Waals surface area (Å²) in [4.78, 5) is 1.09. The number of rotatable bonds is 5. The fourth-order valence-corrected chi connectivity index (χ4v) is 3.00. The Bertz CT molecular complexity index is 560. The van der Waals surface area contributed by atoms with Crippen molar-refractivity contribution in [2.45, 2.75) is 11.8 Å². The van der Waals surface area contributed by atoms with Crippen LogP contribution in [0.15, 0.2) is 51.8 Å². The number of aryl methyl sites for hydroxylation is 1. The van der Waals surface area contributed by atoms with Crippen LogP contribution in [0.4, 0.5) is 5.69 Å². The molecule has 100 valence electrons. The molecule has 0 aliphatic rings. The molecule has 2 N–H and O–H groups in total. The van der Waals surface area contributed by atoms with Gasteiger partial charge in [-0.2, -0.15) is 0 Å². The zero-order chi connectivity index (χ0) is 13.7. The van der Waals surface area contributed by atoms with Gasteiger partial charge in [-0.3, -0.25) is 0 Å². The first kappa shape index (κ1) is 14.3. The molecule has 2 rings (SSSR count).